The lowest BCUT2D eigenvalue weighted by atomic mass is 10.0. The zero-order chi connectivity index (χ0) is 20.9. The Hall–Kier alpha value is -4.06. The zero-order valence-electron chi connectivity index (χ0n) is 16.3. The summed E-state index contributed by atoms with van der Waals surface area (Å²) in [6.07, 6.45) is 1.66. The van der Waals surface area contributed by atoms with Crippen LogP contribution in [0.1, 0.15) is 17.3 Å². The van der Waals surface area contributed by atoms with Gasteiger partial charge in [-0.05, 0) is 49.4 Å². The average molecular weight is 397 g/mol. The van der Waals surface area contributed by atoms with Crippen LogP contribution in [0.15, 0.2) is 79.0 Å². The molecule has 6 nitrogen and oxygen atoms in total. The second-order valence-corrected chi connectivity index (χ2v) is 6.49. The van der Waals surface area contributed by atoms with E-state index in [4.69, 9.17) is 9.72 Å². The van der Waals surface area contributed by atoms with Gasteiger partial charge in [-0.25, -0.2) is 19.7 Å². The minimum atomic E-state index is -0.414. The Kier molecular flexibility index (Phi) is 5.48. The van der Waals surface area contributed by atoms with Gasteiger partial charge in [0.2, 0.25) is 0 Å². The summed E-state index contributed by atoms with van der Waals surface area (Å²) in [7, 11) is 0. The van der Waals surface area contributed by atoms with Gasteiger partial charge in [-0.15, -0.1) is 0 Å². The van der Waals surface area contributed by atoms with Crippen LogP contribution < -0.4 is 0 Å². The molecule has 0 unspecified atom stereocenters. The summed E-state index contributed by atoms with van der Waals surface area (Å²) in [5.74, 6) is 0.284. The predicted octanol–water partition coefficient (Wildman–Crippen LogP) is 4.75. The lowest BCUT2D eigenvalue weighted by Gasteiger charge is -2.11. The summed E-state index contributed by atoms with van der Waals surface area (Å²) in [5, 5.41) is 9.50. The van der Waals surface area contributed by atoms with Crippen molar-refractivity contribution in [3.05, 3.63) is 84.6 Å². The molecule has 0 radical (unpaired) electrons. The number of carbonyl (C=O) groups excluding carboxylic acids is 1. The first-order valence-electron chi connectivity index (χ1n) is 9.52. The molecule has 1 N–H and O–H groups in total. The topological polar surface area (TPSA) is 85.2 Å². The molecule has 2 aromatic carbocycles. The molecule has 148 valence electrons. The number of esters is 1. The molecule has 2 heterocycles. The van der Waals surface area contributed by atoms with E-state index in [1.165, 1.54) is 0 Å². The summed E-state index contributed by atoms with van der Waals surface area (Å²) in [6, 6.07) is 21.4. The van der Waals surface area contributed by atoms with Crippen molar-refractivity contribution in [1.82, 2.24) is 15.0 Å². The van der Waals surface area contributed by atoms with Crippen molar-refractivity contribution in [2.24, 2.45) is 0 Å². The number of pyridine rings is 1. The lowest BCUT2D eigenvalue weighted by Crippen LogP contribution is -2.08. The van der Waals surface area contributed by atoms with Gasteiger partial charge in [-0.3, -0.25) is 0 Å². The van der Waals surface area contributed by atoms with E-state index in [9.17, 15) is 9.90 Å². The van der Waals surface area contributed by atoms with Crippen LogP contribution in [0.25, 0.3) is 34.0 Å². The largest absolute Gasteiger partial charge is 0.508 e. The first-order valence-corrected chi connectivity index (χ1v) is 9.52. The summed E-state index contributed by atoms with van der Waals surface area (Å²) in [5.41, 5.74) is 3.78. The lowest BCUT2D eigenvalue weighted by molar-refractivity contribution is 0.0527. The first kappa shape index (κ1) is 19.3. The van der Waals surface area contributed by atoms with Crippen molar-refractivity contribution in [2.45, 2.75) is 6.92 Å². The van der Waals surface area contributed by atoms with Gasteiger partial charge in [0.25, 0.3) is 0 Å². The first-order chi connectivity index (χ1) is 14.7. The number of benzene rings is 2. The number of aromatic nitrogens is 3. The maximum Gasteiger partial charge on any atom is 0.340 e. The Morgan fingerprint density at radius 2 is 1.60 bits per heavy atom. The molecule has 4 aromatic rings. The van der Waals surface area contributed by atoms with Crippen LogP contribution in [0.3, 0.4) is 0 Å². The number of nitrogens with zero attached hydrogens (tertiary/aromatic N) is 3. The van der Waals surface area contributed by atoms with Crippen molar-refractivity contribution in [2.75, 3.05) is 6.61 Å². The average Bonchev–Trinajstić information content (AvgIpc) is 2.80. The molecule has 0 saturated heterocycles. The van der Waals surface area contributed by atoms with Crippen LogP contribution >= 0.6 is 0 Å². The number of hydrogen-bond acceptors (Lipinski definition) is 6. The molecule has 0 spiro atoms. The van der Waals surface area contributed by atoms with Gasteiger partial charge < -0.3 is 9.84 Å². The highest BCUT2D eigenvalue weighted by Crippen LogP contribution is 2.27. The van der Waals surface area contributed by atoms with E-state index in [0.717, 1.165) is 11.1 Å². The third kappa shape index (κ3) is 4.03. The highest BCUT2D eigenvalue weighted by Gasteiger charge is 2.17. The number of rotatable bonds is 5. The van der Waals surface area contributed by atoms with Crippen LogP contribution in [0, 0.1) is 0 Å². The van der Waals surface area contributed by atoms with Crippen LogP contribution in [-0.2, 0) is 4.74 Å². The molecule has 2 aromatic heterocycles. The standard InChI is InChI=1S/C24H19N3O3/c1-2-30-24(29)19-12-13-20(26-22(19)16-6-4-3-5-7-16)21-14-15-25-23(27-21)17-8-10-18(28)11-9-17/h3-15,28H,2H2,1H3. The molecule has 0 bridgehead atoms. The minimum absolute atomic E-state index is 0.179. The number of phenolic OH excluding ortho intramolecular Hbond substituents is 1. The fourth-order valence-corrected chi connectivity index (χ4v) is 3.04. The molecule has 4 rings (SSSR count). The number of aromatic hydroxyl groups is 1. The SMILES string of the molecule is CCOC(=O)c1ccc(-c2ccnc(-c3ccc(O)cc3)n2)nc1-c1ccccc1. The number of carbonyl (C=O) groups is 1. The summed E-state index contributed by atoms with van der Waals surface area (Å²) in [6.45, 7) is 2.06. The molecule has 0 atom stereocenters. The molecule has 0 aliphatic rings. The van der Waals surface area contributed by atoms with E-state index in [0.29, 0.717) is 28.5 Å². The quantitative estimate of drug-likeness (QED) is 0.489. The maximum atomic E-state index is 12.4. The molecule has 30 heavy (non-hydrogen) atoms. The van der Waals surface area contributed by atoms with Crippen LogP contribution in [-0.4, -0.2) is 32.6 Å². The summed E-state index contributed by atoms with van der Waals surface area (Å²) in [4.78, 5) is 26.1. The number of phenols is 1. The van der Waals surface area contributed by atoms with E-state index in [2.05, 4.69) is 9.97 Å². The molecule has 0 aliphatic carbocycles. The van der Waals surface area contributed by atoms with Crippen molar-refractivity contribution in [3.8, 4) is 39.8 Å². The molecular weight excluding hydrogens is 378 g/mol. The summed E-state index contributed by atoms with van der Waals surface area (Å²) >= 11 is 0. The van der Waals surface area contributed by atoms with E-state index >= 15 is 0 Å². The minimum Gasteiger partial charge on any atom is -0.508 e. The van der Waals surface area contributed by atoms with E-state index < -0.39 is 5.97 Å². The van der Waals surface area contributed by atoms with Crippen molar-refractivity contribution in [3.63, 3.8) is 0 Å². The Labute approximate surface area is 173 Å². The van der Waals surface area contributed by atoms with E-state index in [1.54, 1.807) is 55.6 Å². The summed E-state index contributed by atoms with van der Waals surface area (Å²) < 4.78 is 5.20. The van der Waals surface area contributed by atoms with Crippen LogP contribution in [0.5, 0.6) is 5.75 Å². The molecule has 0 fully saturated rings. The number of hydrogen-bond donors (Lipinski definition) is 1. The van der Waals surface area contributed by atoms with Gasteiger partial charge in [-0.1, -0.05) is 30.3 Å². The third-order valence-electron chi connectivity index (χ3n) is 4.48. The van der Waals surface area contributed by atoms with Gasteiger partial charge in [0.1, 0.15) is 5.75 Å². The molecule has 0 saturated carbocycles. The highest BCUT2D eigenvalue weighted by molar-refractivity contribution is 5.96. The smallest absolute Gasteiger partial charge is 0.340 e. The Bertz CT molecular complexity index is 1180. The molecular formula is C24H19N3O3. The normalized spacial score (nSPS) is 10.6. The second-order valence-electron chi connectivity index (χ2n) is 6.49. The fourth-order valence-electron chi connectivity index (χ4n) is 3.04. The molecule has 6 heteroatoms. The van der Waals surface area contributed by atoms with E-state index in [-0.39, 0.29) is 12.4 Å². The van der Waals surface area contributed by atoms with Crippen molar-refractivity contribution >= 4 is 5.97 Å². The third-order valence-corrected chi connectivity index (χ3v) is 4.48. The van der Waals surface area contributed by atoms with Gasteiger partial charge in [0.05, 0.1) is 29.3 Å². The predicted molar refractivity (Wildman–Crippen MR) is 114 cm³/mol. The van der Waals surface area contributed by atoms with Gasteiger partial charge in [0, 0.05) is 17.3 Å². The van der Waals surface area contributed by atoms with Gasteiger partial charge >= 0.3 is 5.97 Å². The Balaban J connectivity index is 1.79. The Morgan fingerprint density at radius 3 is 2.33 bits per heavy atom. The zero-order valence-corrected chi connectivity index (χ0v) is 16.3. The maximum absolute atomic E-state index is 12.4. The van der Waals surface area contributed by atoms with Crippen molar-refractivity contribution in [1.29, 1.82) is 0 Å². The highest BCUT2D eigenvalue weighted by atomic mass is 16.5. The molecule has 0 aliphatic heterocycles. The molecule has 0 amide bonds. The van der Waals surface area contributed by atoms with Crippen molar-refractivity contribution < 1.29 is 14.6 Å². The van der Waals surface area contributed by atoms with Gasteiger partial charge in [0.15, 0.2) is 5.82 Å². The Morgan fingerprint density at radius 1 is 0.867 bits per heavy atom. The van der Waals surface area contributed by atoms with Gasteiger partial charge in [-0.2, -0.15) is 0 Å². The van der Waals surface area contributed by atoms with Crippen LogP contribution in [0.4, 0.5) is 0 Å². The fraction of sp³-hybridized carbons (Fsp3) is 0.0833. The number of ether oxygens (including phenoxy) is 1. The van der Waals surface area contributed by atoms with Crippen LogP contribution in [0.2, 0.25) is 0 Å². The second kappa shape index (κ2) is 8.53. The monoisotopic (exact) mass is 397 g/mol. The van der Waals surface area contributed by atoms with E-state index in [1.807, 2.05) is 30.3 Å².